The molecule has 3 rings (SSSR count). The lowest BCUT2D eigenvalue weighted by Crippen LogP contribution is -2.01. The lowest BCUT2D eigenvalue weighted by molar-refractivity contribution is 0.415. The number of aromatic amines is 1. The van der Waals surface area contributed by atoms with Crippen LogP contribution in [0.25, 0.3) is 11.0 Å². The molecule has 0 spiro atoms. The molecule has 0 aliphatic heterocycles. The zero-order chi connectivity index (χ0) is 14.7. The van der Waals surface area contributed by atoms with Crippen LogP contribution in [0.1, 0.15) is 6.92 Å². The molecule has 0 atom stereocenters. The molecule has 6 nitrogen and oxygen atoms in total. The summed E-state index contributed by atoms with van der Waals surface area (Å²) in [5, 5.41) is 4.72. The van der Waals surface area contributed by atoms with Crippen molar-refractivity contribution >= 4 is 28.7 Å². The molecule has 1 aromatic carbocycles. The van der Waals surface area contributed by atoms with Gasteiger partial charge in [-0.25, -0.2) is 15.0 Å². The van der Waals surface area contributed by atoms with E-state index in [9.17, 15) is 0 Å². The van der Waals surface area contributed by atoms with Crippen molar-refractivity contribution in [1.29, 1.82) is 0 Å². The van der Waals surface area contributed by atoms with E-state index in [0.29, 0.717) is 5.95 Å². The third-order valence-corrected chi connectivity index (χ3v) is 3.66. The minimum Gasteiger partial charge on any atom is -0.497 e. The first-order valence-electron chi connectivity index (χ1n) is 6.57. The number of methoxy groups -OCH3 is 1. The molecular formula is C14H15N5OS. The van der Waals surface area contributed by atoms with Crippen molar-refractivity contribution in [2.45, 2.75) is 17.1 Å². The maximum Gasteiger partial charge on any atom is 0.223 e. The highest BCUT2D eigenvalue weighted by Crippen LogP contribution is 2.27. The predicted molar refractivity (Wildman–Crippen MR) is 83.0 cm³/mol. The number of rotatable bonds is 5. The summed E-state index contributed by atoms with van der Waals surface area (Å²) in [6.07, 6.45) is 1.74. The first-order valence-corrected chi connectivity index (χ1v) is 7.38. The molecule has 0 saturated heterocycles. The SMILES string of the molecule is CCNc1nccc(Sc2nc3ccc(OC)cc3[nH]2)n1. The quantitative estimate of drug-likeness (QED) is 0.706. The van der Waals surface area contributed by atoms with E-state index in [0.717, 1.165) is 33.5 Å². The predicted octanol–water partition coefficient (Wildman–Crippen LogP) is 2.94. The molecule has 2 N–H and O–H groups in total. The smallest absolute Gasteiger partial charge is 0.223 e. The number of imidazole rings is 1. The molecule has 0 saturated carbocycles. The summed E-state index contributed by atoms with van der Waals surface area (Å²) >= 11 is 1.47. The van der Waals surface area contributed by atoms with Crippen LogP contribution in [0, 0.1) is 0 Å². The number of benzene rings is 1. The maximum absolute atomic E-state index is 5.21. The molecule has 0 aliphatic carbocycles. The van der Waals surface area contributed by atoms with Gasteiger partial charge in [0.2, 0.25) is 5.95 Å². The first kappa shape index (κ1) is 13.7. The average Bonchev–Trinajstić information content (AvgIpc) is 2.89. The second kappa shape index (κ2) is 6.01. The van der Waals surface area contributed by atoms with Gasteiger partial charge >= 0.3 is 0 Å². The van der Waals surface area contributed by atoms with Crippen molar-refractivity contribution in [3.8, 4) is 5.75 Å². The molecule has 0 aliphatic rings. The van der Waals surface area contributed by atoms with Gasteiger partial charge in [0.15, 0.2) is 5.16 Å². The van der Waals surface area contributed by atoms with Crippen LogP contribution < -0.4 is 10.1 Å². The Labute approximate surface area is 126 Å². The Kier molecular flexibility index (Phi) is 3.92. The van der Waals surface area contributed by atoms with Crippen LogP contribution in [0.2, 0.25) is 0 Å². The van der Waals surface area contributed by atoms with Crippen LogP contribution in [0.15, 0.2) is 40.6 Å². The van der Waals surface area contributed by atoms with Gasteiger partial charge in [0.05, 0.1) is 18.1 Å². The summed E-state index contributed by atoms with van der Waals surface area (Å²) in [4.78, 5) is 16.4. The van der Waals surface area contributed by atoms with Crippen LogP contribution in [0.3, 0.4) is 0 Å². The molecule has 2 aromatic heterocycles. The standard InChI is InChI=1S/C14H15N5OS/c1-3-15-13-16-7-6-12(19-13)21-14-17-10-5-4-9(20-2)8-11(10)18-14/h4-8H,3H2,1-2H3,(H,17,18)(H,15,16,19). The van der Waals surface area contributed by atoms with Crippen molar-refractivity contribution in [2.24, 2.45) is 0 Å². The van der Waals surface area contributed by atoms with E-state index in [2.05, 4.69) is 25.3 Å². The number of hydrogen-bond acceptors (Lipinski definition) is 6. The third kappa shape index (κ3) is 3.08. The van der Waals surface area contributed by atoms with Crippen LogP contribution in [0.4, 0.5) is 5.95 Å². The van der Waals surface area contributed by atoms with Crippen LogP contribution in [-0.4, -0.2) is 33.6 Å². The maximum atomic E-state index is 5.21. The fourth-order valence-electron chi connectivity index (χ4n) is 1.88. The molecule has 0 fully saturated rings. The summed E-state index contributed by atoms with van der Waals surface area (Å²) in [7, 11) is 1.65. The Hall–Kier alpha value is -2.28. The monoisotopic (exact) mass is 301 g/mol. The Bertz CT molecular complexity index is 758. The number of nitrogens with one attached hydrogen (secondary N) is 2. The fraction of sp³-hybridized carbons (Fsp3) is 0.214. The highest BCUT2D eigenvalue weighted by atomic mass is 32.2. The molecule has 3 aromatic rings. The van der Waals surface area contributed by atoms with Gasteiger partial charge in [0, 0.05) is 18.8 Å². The van der Waals surface area contributed by atoms with E-state index in [4.69, 9.17) is 4.74 Å². The zero-order valence-corrected chi connectivity index (χ0v) is 12.6. The highest BCUT2D eigenvalue weighted by Gasteiger charge is 2.07. The van der Waals surface area contributed by atoms with Gasteiger partial charge in [-0.05, 0) is 36.9 Å². The third-order valence-electron chi connectivity index (χ3n) is 2.83. The molecular weight excluding hydrogens is 286 g/mol. The summed E-state index contributed by atoms with van der Waals surface area (Å²) in [5.74, 6) is 1.43. The van der Waals surface area contributed by atoms with Gasteiger partial charge in [-0.15, -0.1) is 0 Å². The molecule has 2 heterocycles. The van der Waals surface area contributed by atoms with Crippen molar-refractivity contribution in [1.82, 2.24) is 19.9 Å². The average molecular weight is 301 g/mol. The van der Waals surface area contributed by atoms with Crippen molar-refractivity contribution < 1.29 is 4.74 Å². The van der Waals surface area contributed by atoms with E-state index >= 15 is 0 Å². The Morgan fingerprint density at radius 3 is 3.00 bits per heavy atom. The lowest BCUT2D eigenvalue weighted by atomic mass is 10.3. The summed E-state index contributed by atoms with van der Waals surface area (Å²) < 4.78 is 5.21. The largest absolute Gasteiger partial charge is 0.497 e. The number of aromatic nitrogens is 4. The highest BCUT2D eigenvalue weighted by molar-refractivity contribution is 7.99. The number of hydrogen-bond donors (Lipinski definition) is 2. The van der Waals surface area contributed by atoms with Crippen molar-refractivity contribution in [3.63, 3.8) is 0 Å². The van der Waals surface area contributed by atoms with E-state index < -0.39 is 0 Å². The number of H-pyrrole nitrogens is 1. The van der Waals surface area contributed by atoms with Gasteiger partial charge in [0.1, 0.15) is 10.8 Å². The van der Waals surface area contributed by atoms with E-state index in [1.54, 1.807) is 13.3 Å². The lowest BCUT2D eigenvalue weighted by Gasteiger charge is -2.02. The van der Waals surface area contributed by atoms with Gasteiger partial charge in [-0.2, -0.15) is 0 Å². The van der Waals surface area contributed by atoms with E-state index in [1.807, 2.05) is 31.2 Å². The molecule has 108 valence electrons. The summed E-state index contributed by atoms with van der Waals surface area (Å²) in [6.45, 7) is 2.80. The molecule has 0 unspecified atom stereocenters. The zero-order valence-electron chi connectivity index (χ0n) is 11.8. The Morgan fingerprint density at radius 2 is 2.19 bits per heavy atom. The molecule has 21 heavy (non-hydrogen) atoms. The van der Waals surface area contributed by atoms with Gasteiger partial charge in [-0.3, -0.25) is 0 Å². The topological polar surface area (TPSA) is 75.7 Å². The van der Waals surface area contributed by atoms with Crippen molar-refractivity contribution in [3.05, 3.63) is 30.5 Å². The van der Waals surface area contributed by atoms with Crippen LogP contribution >= 0.6 is 11.8 Å². The first-order chi connectivity index (χ1) is 10.3. The summed E-state index contributed by atoms with van der Waals surface area (Å²) in [5.41, 5.74) is 1.84. The molecule has 0 bridgehead atoms. The second-order valence-corrected chi connectivity index (χ2v) is 5.29. The van der Waals surface area contributed by atoms with Gasteiger partial charge < -0.3 is 15.0 Å². The molecule has 0 radical (unpaired) electrons. The normalized spacial score (nSPS) is 10.8. The van der Waals surface area contributed by atoms with Gasteiger partial charge in [-0.1, -0.05) is 0 Å². The number of nitrogens with zero attached hydrogens (tertiary/aromatic N) is 3. The van der Waals surface area contributed by atoms with E-state index in [-0.39, 0.29) is 0 Å². The minimum absolute atomic E-state index is 0.625. The number of ether oxygens (including phenoxy) is 1. The Balaban J connectivity index is 1.85. The fourth-order valence-corrected chi connectivity index (χ4v) is 2.65. The van der Waals surface area contributed by atoms with Crippen molar-refractivity contribution in [2.75, 3.05) is 19.0 Å². The van der Waals surface area contributed by atoms with Crippen LogP contribution in [0.5, 0.6) is 5.75 Å². The van der Waals surface area contributed by atoms with Gasteiger partial charge in [0.25, 0.3) is 0 Å². The molecule has 7 heteroatoms. The molecule has 0 amide bonds. The van der Waals surface area contributed by atoms with Crippen LogP contribution in [-0.2, 0) is 0 Å². The number of fused-ring (bicyclic) bond motifs is 1. The Morgan fingerprint density at radius 1 is 1.29 bits per heavy atom. The number of anilines is 1. The van der Waals surface area contributed by atoms with E-state index in [1.165, 1.54) is 11.8 Å². The summed E-state index contributed by atoms with van der Waals surface area (Å²) in [6, 6.07) is 7.61. The second-order valence-electron chi connectivity index (χ2n) is 4.28. The minimum atomic E-state index is 0.625.